The van der Waals surface area contributed by atoms with Crippen LogP contribution in [0, 0.1) is 0 Å². The molecule has 1 saturated heterocycles. The first-order valence-corrected chi connectivity index (χ1v) is 6.42. The molecule has 3 heteroatoms. The van der Waals surface area contributed by atoms with Crippen molar-refractivity contribution in [2.45, 2.75) is 19.5 Å². The van der Waals surface area contributed by atoms with Crippen LogP contribution in [0.3, 0.4) is 0 Å². The van der Waals surface area contributed by atoms with E-state index in [4.69, 9.17) is 4.74 Å². The molecule has 0 saturated carbocycles. The van der Waals surface area contributed by atoms with Crippen LogP contribution in [0.5, 0.6) is 0 Å². The first-order chi connectivity index (χ1) is 8.34. The Morgan fingerprint density at radius 3 is 2.65 bits per heavy atom. The molecule has 0 radical (unpaired) electrons. The lowest BCUT2D eigenvalue weighted by molar-refractivity contribution is 0.0343. The predicted molar refractivity (Wildman–Crippen MR) is 70.0 cm³/mol. The maximum absolute atomic E-state index is 5.35. The Morgan fingerprint density at radius 2 is 1.94 bits per heavy atom. The van der Waals surface area contributed by atoms with Gasteiger partial charge in [0.05, 0.1) is 13.2 Å². The highest BCUT2D eigenvalue weighted by molar-refractivity contribution is 5.14. The maximum Gasteiger partial charge on any atom is 0.0594 e. The smallest absolute Gasteiger partial charge is 0.0594 e. The number of nitrogens with one attached hydrogen (secondary N) is 1. The molecule has 0 amide bonds. The summed E-state index contributed by atoms with van der Waals surface area (Å²) >= 11 is 0. The lowest BCUT2D eigenvalue weighted by Gasteiger charge is -2.29. The van der Waals surface area contributed by atoms with Crippen molar-refractivity contribution < 1.29 is 4.74 Å². The second-order valence-corrected chi connectivity index (χ2v) is 4.68. The molecule has 1 heterocycles. The van der Waals surface area contributed by atoms with Gasteiger partial charge in [0, 0.05) is 32.2 Å². The average molecular weight is 234 g/mol. The topological polar surface area (TPSA) is 24.5 Å². The van der Waals surface area contributed by atoms with E-state index in [2.05, 4.69) is 47.5 Å². The van der Waals surface area contributed by atoms with Gasteiger partial charge in [-0.15, -0.1) is 0 Å². The molecule has 1 fully saturated rings. The lowest BCUT2D eigenvalue weighted by atomic mass is 10.2. The molecule has 94 valence electrons. The number of hydrogen-bond donors (Lipinski definition) is 1. The fourth-order valence-electron chi connectivity index (χ4n) is 2.12. The van der Waals surface area contributed by atoms with Gasteiger partial charge in [0.15, 0.2) is 0 Å². The van der Waals surface area contributed by atoms with E-state index in [-0.39, 0.29) is 0 Å². The number of benzene rings is 1. The average Bonchev–Trinajstić information content (AvgIpc) is 2.39. The van der Waals surface area contributed by atoms with Crippen molar-refractivity contribution >= 4 is 0 Å². The largest absolute Gasteiger partial charge is 0.379 e. The normalized spacial score (nSPS) is 19.1. The summed E-state index contributed by atoms with van der Waals surface area (Å²) in [5.74, 6) is 0. The molecule has 0 unspecified atom stereocenters. The molecule has 3 nitrogen and oxygen atoms in total. The third-order valence-corrected chi connectivity index (χ3v) is 3.13. The minimum atomic E-state index is 0.522. The Bertz CT molecular complexity index is 309. The van der Waals surface area contributed by atoms with E-state index in [0.717, 1.165) is 39.4 Å². The molecule has 0 spiro atoms. The number of rotatable bonds is 5. The minimum absolute atomic E-state index is 0.522. The highest BCUT2D eigenvalue weighted by atomic mass is 16.5. The molecule has 0 bridgehead atoms. The van der Waals surface area contributed by atoms with Crippen molar-refractivity contribution in [3.63, 3.8) is 0 Å². The zero-order valence-electron chi connectivity index (χ0n) is 10.6. The van der Waals surface area contributed by atoms with Gasteiger partial charge in [0.2, 0.25) is 0 Å². The summed E-state index contributed by atoms with van der Waals surface area (Å²) in [4.78, 5) is 2.46. The minimum Gasteiger partial charge on any atom is -0.379 e. The van der Waals surface area contributed by atoms with Gasteiger partial charge in [-0.1, -0.05) is 30.3 Å². The number of ether oxygens (including phenoxy) is 1. The number of nitrogens with zero attached hydrogens (tertiary/aromatic N) is 1. The van der Waals surface area contributed by atoms with Gasteiger partial charge >= 0.3 is 0 Å². The van der Waals surface area contributed by atoms with E-state index >= 15 is 0 Å². The molecular weight excluding hydrogens is 212 g/mol. The van der Waals surface area contributed by atoms with Crippen LogP contribution in [0.4, 0.5) is 0 Å². The molecule has 1 atom stereocenters. The van der Waals surface area contributed by atoms with Crippen molar-refractivity contribution in [3.8, 4) is 0 Å². The molecule has 0 aliphatic carbocycles. The fourth-order valence-corrected chi connectivity index (χ4v) is 2.12. The van der Waals surface area contributed by atoms with Crippen molar-refractivity contribution in [1.29, 1.82) is 0 Å². The molecule has 17 heavy (non-hydrogen) atoms. The van der Waals surface area contributed by atoms with Crippen LogP contribution in [0.1, 0.15) is 12.5 Å². The summed E-state index contributed by atoms with van der Waals surface area (Å²) in [6, 6.07) is 11.1. The van der Waals surface area contributed by atoms with Gasteiger partial charge in [0.1, 0.15) is 0 Å². The molecule has 1 aliphatic rings. The Hall–Kier alpha value is -0.900. The first-order valence-electron chi connectivity index (χ1n) is 6.42. The SMILES string of the molecule is C[C@H](CN1CCOCC1)NCc1ccccc1. The van der Waals surface area contributed by atoms with E-state index in [1.54, 1.807) is 0 Å². The lowest BCUT2D eigenvalue weighted by Crippen LogP contribution is -2.44. The summed E-state index contributed by atoms with van der Waals surface area (Å²) in [5.41, 5.74) is 1.35. The first kappa shape index (κ1) is 12.6. The second kappa shape index (κ2) is 6.74. The third kappa shape index (κ3) is 4.46. The van der Waals surface area contributed by atoms with Crippen LogP contribution in [-0.4, -0.2) is 43.8 Å². The fraction of sp³-hybridized carbons (Fsp3) is 0.571. The summed E-state index contributed by atoms with van der Waals surface area (Å²) in [7, 11) is 0. The van der Waals surface area contributed by atoms with E-state index in [0.29, 0.717) is 6.04 Å². The molecular formula is C14H22N2O. The number of morpholine rings is 1. The summed E-state index contributed by atoms with van der Waals surface area (Å²) in [6.45, 7) is 8.20. The van der Waals surface area contributed by atoms with Crippen molar-refractivity contribution in [2.24, 2.45) is 0 Å². The van der Waals surface area contributed by atoms with Crippen LogP contribution in [0.15, 0.2) is 30.3 Å². The highest BCUT2D eigenvalue weighted by Gasteiger charge is 2.12. The van der Waals surface area contributed by atoms with Gasteiger partial charge in [-0.3, -0.25) is 4.90 Å². The molecule has 1 aromatic rings. The van der Waals surface area contributed by atoms with E-state index in [9.17, 15) is 0 Å². The highest BCUT2D eigenvalue weighted by Crippen LogP contribution is 2.01. The Labute approximate surface area is 104 Å². The summed E-state index contributed by atoms with van der Waals surface area (Å²) in [5, 5.41) is 3.56. The Morgan fingerprint density at radius 1 is 1.24 bits per heavy atom. The van der Waals surface area contributed by atoms with Gasteiger partial charge in [0.25, 0.3) is 0 Å². The van der Waals surface area contributed by atoms with Gasteiger partial charge in [-0.05, 0) is 12.5 Å². The zero-order valence-corrected chi connectivity index (χ0v) is 10.6. The molecule has 2 rings (SSSR count). The van der Waals surface area contributed by atoms with Crippen LogP contribution in [0.2, 0.25) is 0 Å². The van der Waals surface area contributed by atoms with Gasteiger partial charge in [-0.25, -0.2) is 0 Å². The Kier molecular flexibility index (Phi) is 4.98. The molecule has 1 N–H and O–H groups in total. The molecule has 0 aromatic heterocycles. The van der Waals surface area contributed by atoms with Gasteiger partial charge in [-0.2, -0.15) is 0 Å². The zero-order chi connectivity index (χ0) is 11.9. The molecule has 1 aliphatic heterocycles. The Balaban J connectivity index is 1.68. The second-order valence-electron chi connectivity index (χ2n) is 4.68. The van der Waals surface area contributed by atoms with E-state index < -0.39 is 0 Å². The monoisotopic (exact) mass is 234 g/mol. The maximum atomic E-state index is 5.35. The van der Waals surface area contributed by atoms with E-state index in [1.165, 1.54) is 5.56 Å². The number of hydrogen-bond acceptors (Lipinski definition) is 3. The summed E-state index contributed by atoms with van der Waals surface area (Å²) in [6.07, 6.45) is 0. The van der Waals surface area contributed by atoms with Crippen molar-refractivity contribution in [2.75, 3.05) is 32.8 Å². The molecule has 1 aromatic carbocycles. The van der Waals surface area contributed by atoms with Gasteiger partial charge < -0.3 is 10.1 Å². The van der Waals surface area contributed by atoms with E-state index in [1.807, 2.05) is 0 Å². The van der Waals surface area contributed by atoms with Crippen molar-refractivity contribution in [1.82, 2.24) is 10.2 Å². The third-order valence-electron chi connectivity index (χ3n) is 3.13. The predicted octanol–water partition coefficient (Wildman–Crippen LogP) is 1.50. The quantitative estimate of drug-likeness (QED) is 0.835. The van der Waals surface area contributed by atoms with Crippen LogP contribution < -0.4 is 5.32 Å². The van der Waals surface area contributed by atoms with Crippen LogP contribution in [-0.2, 0) is 11.3 Å². The van der Waals surface area contributed by atoms with Crippen LogP contribution >= 0.6 is 0 Å². The van der Waals surface area contributed by atoms with Crippen molar-refractivity contribution in [3.05, 3.63) is 35.9 Å². The summed E-state index contributed by atoms with van der Waals surface area (Å²) < 4.78 is 5.35. The van der Waals surface area contributed by atoms with Crippen LogP contribution in [0.25, 0.3) is 0 Å². The standard InChI is InChI=1S/C14H22N2O/c1-13(12-16-7-9-17-10-8-16)15-11-14-5-3-2-4-6-14/h2-6,13,15H,7-12H2,1H3/t13-/m1/s1.